The third kappa shape index (κ3) is 4.89. The van der Waals surface area contributed by atoms with Crippen molar-refractivity contribution in [2.75, 3.05) is 6.54 Å². The first-order valence-electron chi connectivity index (χ1n) is 11.1. The lowest BCUT2D eigenvalue weighted by atomic mass is 10.2. The second kappa shape index (κ2) is 10.0. The van der Waals surface area contributed by atoms with Crippen molar-refractivity contribution in [2.24, 2.45) is 12.0 Å². The Balaban J connectivity index is 1.59. The first-order chi connectivity index (χ1) is 16.3. The second-order valence-corrected chi connectivity index (χ2v) is 10.9. The van der Waals surface area contributed by atoms with Crippen molar-refractivity contribution < 1.29 is 13.2 Å². The monoisotopic (exact) mass is 493 g/mol. The van der Waals surface area contributed by atoms with E-state index in [2.05, 4.69) is 24.0 Å². The molecule has 0 atom stereocenters. The van der Waals surface area contributed by atoms with Crippen LogP contribution in [0.4, 0.5) is 0 Å². The lowest BCUT2D eigenvalue weighted by molar-refractivity contribution is 0.0998. The molecule has 8 heteroatoms. The Hall–Kier alpha value is -3.07. The molecule has 176 valence electrons. The summed E-state index contributed by atoms with van der Waals surface area (Å²) in [6.45, 7) is 4.55. The smallest absolute Gasteiger partial charge is 0.279 e. The summed E-state index contributed by atoms with van der Waals surface area (Å²) in [6.07, 6.45) is 0.943. The zero-order valence-corrected chi connectivity index (χ0v) is 21.1. The van der Waals surface area contributed by atoms with Crippen LogP contribution in [-0.4, -0.2) is 29.7 Å². The van der Waals surface area contributed by atoms with Gasteiger partial charge in [-0.1, -0.05) is 61.6 Å². The largest absolute Gasteiger partial charge is 0.319 e. The van der Waals surface area contributed by atoms with Crippen LogP contribution >= 0.6 is 11.3 Å². The standard InChI is InChI=1S/C26H27N3O3S2/c1-4-19-11-16-23-24(17-19)33-26(28(23)3)27-25(30)21-12-14-22(15-13-21)34(31,32)29(5-2)18-20-9-7-6-8-10-20/h6-17H,4-5,18H2,1-3H3. The minimum Gasteiger partial charge on any atom is -0.319 e. The highest BCUT2D eigenvalue weighted by Crippen LogP contribution is 2.21. The Morgan fingerprint density at radius 2 is 1.68 bits per heavy atom. The molecule has 0 radical (unpaired) electrons. The Morgan fingerprint density at radius 1 is 0.971 bits per heavy atom. The van der Waals surface area contributed by atoms with Crippen molar-refractivity contribution in [3.05, 3.63) is 94.3 Å². The number of aromatic nitrogens is 1. The molecule has 1 heterocycles. The van der Waals surface area contributed by atoms with Gasteiger partial charge in [-0.3, -0.25) is 4.79 Å². The molecule has 0 saturated heterocycles. The summed E-state index contributed by atoms with van der Waals surface area (Å²) in [5, 5.41) is 0. The summed E-state index contributed by atoms with van der Waals surface area (Å²) in [7, 11) is -1.80. The molecule has 0 spiro atoms. The van der Waals surface area contributed by atoms with Crippen molar-refractivity contribution >= 4 is 37.5 Å². The molecule has 3 aromatic carbocycles. The molecule has 0 aliphatic heterocycles. The average molecular weight is 494 g/mol. The molecule has 6 nitrogen and oxygen atoms in total. The maximum absolute atomic E-state index is 13.2. The quantitative estimate of drug-likeness (QED) is 0.373. The SMILES string of the molecule is CCc1ccc2c(c1)sc(=NC(=O)c1ccc(S(=O)(=O)N(CC)Cc3ccccc3)cc1)n2C. The zero-order valence-electron chi connectivity index (χ0n) is 19.4. The van der Waals surface area contributed by atoms with Crippen LogP contribution in [0.25, 0.3) is 10.2 Å². The number of aryl methyl sites for hydroxylation is 2. The van der Waals surface area contributed by atoms with Crippen LogP contribution in [0.3, 0.4) is 0 Å². The van der Waals surface area contributed by atoms with Gasteiger partial charge in [0.1, 0.15) is 0 Å². The van der Waals surface area contributed by atoms with Crippen molar-refractivity contribution in [1.29, 1.82) is 0 Å². The van der Waals surface area contributed by atoms with E-state index in [1.54, 1.807) is 0 Å². The van der Waals surface area contributed by atoms with E-state index in [1.165, 1.54) is 45.5 Å². The number of hydrogen-bond donors (Lipinski definition) is 0. The molecular formula is C26H27N3O3S2. The third-order valence-corrected chi connectivity index (χ3v) is 8.80. The van der Waals surface area contributed by atoms with E-state index in [0.717, 1.165) is 22.2 Å². The fourth-order valence-corrected chi connectivity index (χ4v) is 6.25. The van der Waals surface area contributed by atoms with Crippen LogP contribution in [0.5, 0.6) is 0 Å². The molecule has 0 aliphatic rings. The summed E-state index contributed by atoms with van der Waals surface area (Å²) < 4.78 is 30.7. The lowest BCUT2D eigenvalue weighted by Crippen LogP contribution is -2.30. The highest BCUT2D eigenvalue weighted by molar-refractivity contribution is 7.89. The normalized spacial score (nSPS) is 12.5. The molecule has 0 N–H and O–H groups in total. The summed E-state index contributed by atoms with van der Waals surface area (Å²) in [5.41, 5.74) is 3.52. The number of hydrogen-bond acceptors (Lipinski definition) is 4. The van der Waals surface area contributed by atoms with Crippen LogP contribution in [-0.2, 0) is 30.0 Å². The average Bonchev–Trinajstić information content (AvgIpc) is 3.17. The molecule has 0 saturated carbocycles. The molecule has 1 amide bonds. The van der Waals surface area contributed by atoms with E-state index < -0.39 is 15.9 Å². The van der Waals surface area contributed by atoms with Crippen molar-refractivity contribution in [1.82, 2.24) is 8.87 Å². The van der Waals surface area contributed by atoms with E-state index in [1.807, 2.05) is 54.9 Å². The summed E-state index contributed by atoms with van der Waals surface area (Å²) >= 11 is 1.46. The summed E-state index contributed by atoms with van der Waals surface area (Å²) in [6, 6.07) is 21.7. The van der Waals surface area contributed by atoms with Crippen molar-refractivity contribution in [3.63, 3.8) is 0 Å². The number of sulfonamides is 1. The molecule has 4 rings (SSSR count). The lowest BCUT2D eigenvalue weighted by Gasteiger charge is -2.20. The van der Waals surface area contributed by atoms with Gasteiger partial charge in [0.2, 0.25) is 10.0 Å². The minimum atomic E-state index is -3.69. The van der Waals surface area contributed by atoms with E-state index in [9.17, 15) is 13.2 Å². The molecule has 4 aromatic rings. The van der Waals surface area contributed by atoms with Gasteiger partial charge >= 0.3 is 0 Å². The highest BCUT2D eigenvalue weighted by atomic mass is 32.2. The number of carbonyl (C=O) groups is 1. The van der Waals surface area contributed by atoms with Gasteiger partial charge in [0.25, 0.3) is 5.91 Å². The predicted octanol–water partition coefficient (Wildman–Crippen LogP) is 4.75. The fraction of sp³-hybridized carbons (Fsp3) is 0.231. The number of amides is 1. The Kier molecular flexibility index (Phi) is 7.11. The first-order valence-corrected chi connectivity index (χ1v) is 13.4. The van der Waals surface area contributed by atoms with Gasteiger partial charge in [0.15, 0.2) is 4.80 Å². The fourth-order valence-electron chi connectivity index (χ4n) is 3.73. The molecule has 0 aliphatic carbocycles. The van der Waals surface area contributed by atoms with E-state index in [4.69, 9.17) is 0 Å². The highest BCUT2D eigenvalue weighted by Gasteiger charge is 2.23. The minimum absolute atomic E-state index is 0.154. The zero-order chi connectivity index (χ0) is 24.3. The van der Waals surface area contributed by atoms with Gasteiger partial charge < -0.3 is 4.57 Å². The number of carbonyl (C=O) groups excluding carboxylic acids is 1. The third-order valence-electron chi connectivity index (χ3n) is 5.77. The van der Waals surface area contributed by atoms with Gasteiger partial charge in [0, 0.05) is 25.7 Å². The number of thiazole rings is 1. The Bertz CT molecular complexity index is 1490. The van der Waals surface area contributed by atoms with Crippen molar-refractivity contribution in [2.45, 2.75) is 31.7 Å². The molecule has 0 fully saturated rings. The maximum Gasteiger partial charge on any atom is 0.279 e. The van der Waals surface area contributed by atoms with Gasteiger partial charge in [-0.25, -0.2) is 8.42 Å². The van der Waals surface area contributed by atoms with Crippen LogP contribution in [0.1, 0.15) is 35.3 Å². The number of rotatable bonds is 7. The van der Waals surface area contributed by atoms with E-state index >= 15 is 0 Å². The predicted molar refractivity (Wildman–Crippen MR) is 136 cm³/mol. The summed E-state index contributed by atoms with van der Waals surface area (Å²) in [5.74, 6) is -0.404. The number of fused-ring (bicyclic) bond motifs is 1. The van der Waals surface area contributed by atoms with E-state index in [0.29, 0.717) is 16.9 Å². The Labute approximate surface area is 203 Å². The molecular weight excluding hydrogens is 466 g/mol. The van der Waals surface area contributed by atoms with Gasteiger partial charge in [-0.15, -0.1) is 0 Å². The maximum atomic E-state index is 13.2. The van der Waals surface area contributed by atoms with Crippen molar-refractivity contribution in [3.8, 4) is 0 Å². The molecule has 0 bridgehead atoms. The van der Waals surface area contributed by atoms with Gasteiger partial charge in [-0.2, -0.15) is 9.30 Å². The topological polar surface area (TPSA) is 71.7 Å². The molecule has 0 unspecified atom stereocenters. The molecule has 34 heavy (non-hydrogen) atoms. The second-order valence-electron chi connectivity index (χ2n) is 7.96. The van der Waals surface area contributed by atoms with Crippen LogP contribution in [0, 0.1) is 0 Å². The number of benzene rings is 3. The van der Waals surface area contributed by atoms with Crippen LogP contribution in [0.2, 0.25) is 0 Å². The van der Waals surface area contributed by atoms with Gasteiger partial charge in [0.05, 0.1) is 15.1 Å². The first kappa shape index (κ1) is 24.1. The van der Waals surface area contributed by atoms with Crippen LogP contribution < -0.4 is 4.80 Å². The van der Waals surface area contributed by atoms with Crippen LogP contribution in [0.15, 0.2) is 82.7 Å². The molecule has 1 aromatic heterocycles. The Morgan fingerprint density at radius 3 is 2.32 bits per heavy atom. The summed E-state index contributed by atoms with van der Waals surface area (Å²) in [4.78, 5) is 17.9. The van der Waals surface area contributed by atoms with E-state index in [-0.39, 0.29) is 11.4 Å². The van der Waals surface area contributed by atoms with Gasteiger partial charge in [-0.05, 0) is 53.9 Å². The number of nitrogens with zero attached hydrogens (tertiary/aromatic N) is 3.